The first-order chi connectivity index (χ1) is 24.6. The number of ether oxygens (including phenoxy) is 3. The number of halogens is 6. The van der Waals surface area contributed by atoms with Gasteiger partial charge in [0.2, 0.25) is 3.79 Å². The summed E-state index contributed by atoms with van der Waals surface area (Å²) in [4.78, 5) is 32.4. The van der Waals surface area contributed by atoms with Gasteiger partial charge in [0, 0.05) is 36.3 Å². The van der Waals surface area contributed by atoms with Gasteiger partial charge < -0.3 is 24.4 Å². The SMILES string of the molecule is Cc1cc(Cl)c(OCCOc2ccc(C3=C(C(=O)N(Cc4ccccc4Cl)C4CC4)C4CNCC(C3)N4C(=O)OC(C)(C)C(Cl)(Cl)Cl)cc2)cc1C.Cl. The lowest BCUT2D eigenvalue weighted by molar-refractivity contribution is -0.129. The van der Waals surface area contributed by atoms with Gasteiger partial charge in [-0.05, 0) is 105 Å². The van der Waals surface area contributed by atoms with Crippen LogP contribution in [0, 0.1) is 13.8 Å². The Hall–Kier alpha value is -2.56. The van der Waals surface area contributed by atoms with Crippen molar-refractivity contribution in [2.75, 3.05) is 26.3 Å². The van der Waals surface area contributed by atoms with Crippen LogP contribution in [-0.2, 0) is 16.1 Å². The molecular weight excluding hydrogens is 803 g/mol. The van der Waals surface area contributed by atoms with Gasteiger partial charge in [-0.25, -0.2) is 4.79 Å². The molecule has 0 aromatic heterocycles. The van der Waals surface area contributed by atoms with E-state index in [1.807, 2.05) is 79.4 Å². The normalized spacial score (nSPS) is 18.6. The lowest BCUT2D eigenvalue weighted by Gasteiger charge is -2.48. The number of rotatable bonds is 11. The van der Waals surface area contributed by atoms with Crippen molar-refractivity contribution in [3.8, 4) is 11.5 Å². The second-order valence-electron chi connectivity index (χ2n) is 14.1. The zero-order valence-electron chi connectivity index (χ0n) is 29.9. The molecule has 53 heavy (non-hydrogen) atoms. The molecule has 8 nitrogen and oxygen atoms in total. The van der Waals surface area contributed by atoms with E-state index in [4.69, 9.17) is 72.2 Å². The average molecular weight is 847 g/mol. The Morgan fingerprint density at radius 2 is 1.57 bits per heavy atom. The number of nitrogens with one attached hydrogen (secondary N) is 1. The number of nitrogens with zero attached hydrogens (tertiary/aromatic N) is 2. The van der Waals surface area contributed by atoms with E-state index in [-0.39, 0.29) is 30.4 Å². The van der Waals surface area contributed by atoms with Gasteiger partial charge in [0.15, 0.2) is 5.60 Å². The van der Waals surface area contributed by atoms with Crippen molar-refractivity contribution in [1.82, 2.24) is 15.1 Å². The van der Waals surface area contributed by atoms with Crippen LogP contribution < -0.4 is 14.8 Å². The highest BCUT2D eigenvalue weighted by atomic mass is 35.6. The maximum absolute atomic E-state index is 14.9. The molecule has 3 aliphatic rings. The van der Waals surface area contributed by atoms with Crippen LogP contribution in [0.2, 0.25) is 10.0 Å². The van der Waals surface area contributed by atoms with Crippen LogP contribution in [0.15, 0.2) is 66.2 Å². The van der Waals surface area contributed by atoms with Crippen molar-refractivity contribution in [1.29, 1.82) is 0 Å². The summed E-state index contributed by atoms with van der Waals surface area (Å²) in [6.45, 7) is 8.94. The standard InChI is InChI=1S/C39H42Cl5N3O5.ClH/c1-23-17-32(41)34(18-24(23)2)51-16-15-50-29-13-9-25(10-14-29)30-19-28-20-45-21-33(47(28)37(49)52-38(3,4)39(42,43)44)35(30)36(48)46(27-11-12-27)22-26-7-5-6-8-31(26)40;/h5-10,13-14,17-18,27-28,33,45H,11-12,15-16,19-22H2,1-4H3;1H. The van der Waals surface area contributed by atoms with Crippen molar-refractivity contribution in [3.63, 3.8) is 0 Å². The Balaban J connectivity index is 0.00000541. The van der Waals surface area contributed by atoms with Gasteiger partial charge in [-0.2, -0.15) is 0 Å². The van der Waals surface area contributed by atoms with Gasteiger partial charge in [-0.3, -0.25) is 9.69 Å². The Bertz CT molecular complexity index is 1840. The van der Waals surface area contributed by atoms with Crippen LogP contribution in [0.1, 0.15) is 55.4 Å². The zero-order valence-corrected chi connectivity index (χ0v) is 34.5. The second kappa shape index (κ2) is 17.1. The summed E-state index contributed by atoms with van der Waals surface area (Å²) >= 11 is 31.5. The molecule has 2 aliphatic heterocycles. The molecule has 6 rings (SSSR count). The quantitative estimate of drug-likeness (QED) is 0.153. The summed E-state index contributed by atoms with van der Waals surface area (Å²) in [5.74, 6) is 1.13. The van der Waals surface area contributed by atoms with E-state index >= 15 is 0 Å². The Morgan fingerprint density at radius 1 is 0.906 bits per heavy atom. The molecule has 2 amide bonds. The summed E-state index contributed by atoms with van der Waals surface area (Å²) in [6.07, 6.45) is 1.54. The zero-order chi connectivity index (χ0) is 37.4. The van der Waals surface area contributed by atoms with Gasteiger partial charge in [0.25, 0.3) is 5.91 Å². The third-order valence-electron chi connectivity index (χ3n) is 9.92. The topological polar surface area (TPSA) is 80.3 Å². The summed E-state index contributed by atoms with van der Waals surface area (Å²) in [5, 5.41) is 4.58. The third kappa shape index (κ3) is 9.46. The molecule has 3 aromatic carbocycles. The molecule has 0 radical (unpaired) electrons. The Morgan fingerprint density at radius 3 is 2.23 bits per heavy atom. The van der Waals surface area contributed by atoms with E-state index in [1.54, 1.807) is 18.7 Å². The van der Waals surface area contributed by atoms with Crippen molar-refractivity contribution in [3.05, 3.63) is 98.5 Å². The molecular formula is C39H43Cl6N3O5. The first-order valence-corrected chi connectivity index (χ1v) is 19.2. The number of fused-ring (bicyclic) bond motifs is 2. The highest BCUT2D eigenvalue weighted by Crippen LogP contribution is 2.44. The second-order valence-corrected chi connectivity index (χ2v) is 17.1. The fourth-order valence-electron chi connectivity index (χ4n) is 6.59. The number of benzene rings is 3. The van der Waals surface area contributed by atoms with Crippen LogP contribution in [0.3, 0.4) is 0 Å². The minimum Gasteiger partial charge on any atom is -0.490 e. The molecule has 14 heteroatoms. The maximum atomic E-state index is 14.9. The van der Waals surface area contributed by atoms with Crippen LogP contribution in [0.4, 0.5) is 4.79 Å². The summed E-state index contributed by atoms with van der Waals surface area (Å²) < 4.78 is 15.9. The van der Waals surface area contributed by atoms with Gasteiger partial charge in [0.1, 0.15) is 24.7 Å². The van der Waals surface area contributed by atoms with E-state index in [0.717, 1.165) is 40.7 Å². The molecule has 3 aromatic rings. The first kappa shape index (κ1) is 41.6. The molecule has 2 heterocycles. The number of aryl methyl sites for hydroxylation is 2. The van der Waals surface area contributed by atoms with Crippen LogP contribution in [0.25, 0.3) is 5.57 Å². The van der Waals surface area contributed by atoms with Gasteiger partial charge in [0.05, 0.1) is 17.1 Å². The number of carbonyl (C=O) groups is 2. The number of amides is 2. The predicted molar refractivity (Wildman–Crippen MR) is 215 cm³/mol. The molecule has 1 saturated heterocycles. The van der Waals surface area contributed by atoms with Crippen LogP contribution in [-0.4, -0.2) is 75.6 Å². The highest BCUT2D eigenvalue weighted by Gasteiger charge is 2.50. The fourth-order valence-corrected chi connectivity index (χ4v) is 7.18. The van der Waals surface area contributed by atoms with E-state index in [9.17, 15) is 9.59 Å². The van der Waals surface area contributed by atoms with E-state index in [2.05, 4.69) is 5.32 Å². The molecule has 2 atom stereocenters. The molecule has 1 saturated carbocycles. The highest BCUT2D eigenvalue weighted by molar-refractivity contribution is 6.68. The van der Waals surface area contributed by atoms with Crippen molar-refractivity contribution >= 4 is 88.0 Å². The molecule has 1 N–H and O–H groups in total. The summed E-state index contributed by atoms with van der Waals surface area (Å²) in [6, 6.07) is 18.2. The predicted octanol–water partition coefficient (Wildman–Crippen LogP) is 9.77. The van der Waals surface area contributed by atoms with E-state index in [0.29, 0.717) is 66.4 Å². The summed E-state index contributed by atoms with van der Waals surface area (Å²) in [5.41, 5.74) is 3.89. The molecule has 286 valence electrons. The van der Waals surface area contributed by atoms with Gasteiger partial charge in [-0.15, -0.1) is 12.4 Å². The maximum Gasteiger partial charge on any atom is 0.411 e. The fraction of sp³-hybridized carbons (Fsp3) is 0.436. The average Bonchev–Trinajstić information content (AvgIpc) is 3.93. The first-order valence-electron chi connectivity index (χ1n) is 17.3. The number of carbonyl (C=O) groups excluding carboxylic acids is 2. The third-order valence-corrected chi connectivity index (χ3v) is 11.9. The number of alkyl halides is 3. The number of hydrogen-bond acceptors (Lipinski definition) is 6. The monoisotopic (exact) mass is 843 g/mol. The molecule has 2 fully saturated rings. The molecule has 2 bridgehead atoms. The Labute approximate surface area is 342 Å². The van der Waals surface area contributed by atoms with Crippen LogP contribution in [0.5, 0.6) is 11.5 Å². The van der Waals surface area contributed by atoms with Crippen molar-refractivity contribution in [2.45, 2.75) is 81.0 Å². The number of piperazine rings is 1. The Kier molecular flexibility index (Phi) is 13.4. The number of hydrogen-bond donors (Lipinski definition) is 1. The van der Waals surface area contributed by atoms with Crippen LogP contribution >= 0.6 is 70.4 Å². The molecule has 0 spiro atoms. The smallest absolute Gasteiger partial charge is 0.411 e. The minimum absolute atomic E-state index is 0. The summed E-state index contributed by atoms with van der Waals surface area (Å²) in [7, 11) is 0. The molecule has 2 unspecified atom stereocenters. The lowest BCUT2D eigenvalue weighted by atomic mass is 9.82. The van der Waals surface area contributed by atoms with Gasteiger partial charge in [-0.1, -0.05) is 88.3 Å². The lowest BCUT2D eigenvalue weighted by Crippen LogP contribution is -2.64. The minimum atomic E-state index is -1.87. The van der Waals surface area contributed by atoms with Crippen molar-refractivity contribution in [2.24, 2.45) is 0 Å². The van der Waals surface area contributed by atoms with Crippen molar-refractivity contribution < 1.29 is 23.8 Å². The molecule has 1 aliphatic carbocycles. The van der Waals surface area contributed by atoms with E-state index in [1.165, 1.54) is 0 Å². The van der Waals surface area contributed by atoms with Gasteiger partial charge >= 0.3 is 6.09 Å². The van der Waals surface area contributed by atoms with E-state index < -0.39 is 21.5 Å². The largest absolute Gasteiger partial charge is 0.490 e.